The zero-order valence-corrected chi connectivity index (χ0v) is 12.2. The number of nitrogens with two attached hydrogens (primary N) is 1. The SMILES string of the molecule is COC(=O)C(CN)c1c[nH]c2ccc(Br)cc12.Cl. The Kier molecular flexibility index (Phi) is 5.19. The summed E-state index contributed by atoms with van der Waals surface area (Å²) in [6.07, 6.45) is 1.81. The minimum absolute atomic E-state index is 0. The standard InChI is InChI=1S/C12H13BrN2O2.ClH/c1-17-12(16)9(5-14)10-6-15-11-3-2-7(13)4-8(10)11;/h2-4,6,9,15H,5,14H2,1H3;1H. The number of benzene rings is 1. The van der Waals surface area contributed by atoms with Gasteiger partial charge in [0.1, 0.15) is 0 Å². The minimum Gasteiger partial charge on any atom is -0.469 e. The molecular formula is C12H14BrClN2O2. The fraction of sp³-hybridized carbons (Fsp3) is 0.250. The maximum absolute atomic E-state index is 11.6. The first-order chi connectivity index (χ1) is 8.17. The van der Waals surface area contributed by atoms with Gasteiger partial charge in [0, 0.05) is 28.1 Å². The van der Waals surface area contributed by atoms with Gasteiger partial charge in [-0.1, -0.05) is 15.9 Å². The van der Waals surface area contributed by atoms with Crippen LogP contribution in [0, 0.1) is 0 Å². The van der Waals surface area contributed by atoms with E-state index in [1.54, 1.807) is 0 Å². The van der Waals surface area contributed by atoms with E-state index in [9.17, 15) is 4.79 Å². The van der Waals surface area contributed by atoms with Crippen LogP contribution in [0.25, 0.3) is 10.9 Å². The number of hydrogen-bond donors (Lipinski definition) is 2. The van der Waals surface area contributed by atoms with Gasteiger partial charge in [-0.25, -0.2) is 0 Å². The Morgan fingerprint density at radius 1 is 1.56 bits per heavy atom. The van der Waals surface area contributed by atoms with E-state index >= 15 is 0 Å². The van der Waals surface area contributed by atoms with Crippen LogP contribution in [0.15, 0.2) is 28.9 Å². The second-order valence-corrected chi connectivity index (χ2v) is 4.66. The largest absolute Gasteiger partial charge is 0.469 e. The van der Waals surface area contributed by atoms with Crippen LogP contribution in [-0.2, 0) is 9.53 Å². The average Bonchev–Trinajstić information content (AvgIpc) is 2.73. The lowest BCUT2D eigenvalue weighted by Gasteiger charge is -2.11. The summed E-state index contributed by atoms with van der Waals surface area (Å²) in [6.45, 7) is 0.228. The highest BCUT2D eigenvalue weighted by molar-refractivity contribution is 9.10. The molecule has 0 aliphatic carbocycles. The number of hydrogen-bond acceptors (Lipinski definition) is 3. The number of fused-ring (bicyclic) bond motifs is 1. The first-order valence-electron chi connectivity index (χ1n) is 5.21. The van der Waals surface area contributed by atoms with Crippen molar-refractivity contribution in [3.05, 3.63) is 34.4 Å². The number of aromatic nitrogens is 1. The summed E-state index contributed by atoms with van der Waals surface area (Å²) in [5.41, 5.74) is 7.49. The zero-order valence-electron chi connectivity index (χ0n) is 9.77. The lowest BCUT2D eigenvalue weighted by Crippen LogP contribution is -2.22. The molecule has 0 aliphatic rings. The van der Waals surface area contributed by atoms with Crippen LogP contribution in [0.5, 0.6) is 0 Å². The van der Waals surface area contributed by atoms with Gasteiger partial charge >= 0.3 is 5.97 Å². The molecular weight excluding hydrogens is 320 g/mol. The lowest BCUT2D eigenvalue weighted by molar-refractivity contribution is -0.142. The zero-order chi connectivity index (χ0) is 12.4. The predicted molar refractivity (Wildman–Crippen MR) is 77.1 cm³/mol. The smallest absolute Gasteiger partial charge is 0.314 e. The molecule has 0 aliphatic heterocycles. The highest BCUT2D eigenvalue weighted by Gasteiger charge is 2.22. The topological polar surface area (TPSA) is 68.1 Å². The van der Waals surface area contributed by atoms with Crippen molar-refractivity contribution in [1.82, 2.24) is 4.98 Å². The molecule has 0 spiro atoms. The second kappa shape index (κ2) is 6.22. The number of H-pyrrole nitrogens is 1. The Labute approximate surface area is 119 Å². The first kappa shape index (κ1) is 15.0. The molecule has 4 nitrogen and oxygen atoms in total. The maximum atomic E-state index is 11.6. The molecule has 0 saturated carbocycles. The van der Waals surface area contributed by atoms with Crippen LogP contribution in [0.1, 0.15) is 11.5 Å². The van der Waals surface area contributed by atoms with E-state index in [1.165, 1.54) is 7.11 Å². The van der Waals surface area contributed by atoms with E-state index in [4.69, 9.17) is 10.5 Å². The van der Waals surface area contributed by atoms with Gasteiger partial charge in [-0.2, -0.15) is 0 Å². The number of carbonyl (C=O) groups excluding carboxylic acids is 1. The molecule has 2 rings (SSSR count). The van der Waals surface area contributed by atoms with Crippen LogP contribution < -0.4 is 5.73 Å². The van der Waals surface area contributed by atoms with Gasteiger partial charge in [-0.05, 0) is 23.8 Å². The predicted octanol–water partition coefficient (Wildman–Crippen LogP) is 2.57. The van der Waals surface area contributed by atoms with Gasteiger partial charge in [0.25, 0.3) is 0 Å². The highest BCUT2D eigenvalue weighted by Crippen LogP contribution is 2.28. The van der Waals surface area contributed by atoms with Crippen LogP contribution >= 0.6 is 28.3 Å². The Bertz CT molecular complexity index is 556. The Hall–Kier alpha value is -1.04. The fourth-order valence-electron chi connectivity index (χ4n) is 1.90. The van der Waals surface area contributed by atoms with Crippen LogP contribution in [0.2, 0.25) is 0 Å². The molecule has 0 radical (unpaired) electrons. The van der Waals surface area contributed by atoms with Gasteiger partial charge < -0.3 is 15.5 Å². The van der Waals surface area contributed by atoms with E-state index in [0.717, 1.165) is 20.9 Å². The molecule has 1 unspecified atom stereocenters. The minimum atomic E-state index is -0.428. The van der Waals surface area contributed by atoms with Crippen LogP contribution in [0.4, 0.5) is 0 Å². The van der Waals surface area contributed by atoms with E-state index in [-0.39, 0.29) is 24.9 Å². The lowest BCUT2D eigenvalue weighted by atomic mass is 9.99. The Balaban J connectivity index is 0.00000162. The molecule has 2 aromatic rings. The van der Waals surface area contributed by atoms with E-state index in [1.807, 2.05) is 24.4 Å². The summed E-state index contributed by atoms with van der Waals surface area (Å²) in [4.78, 5) is 14.8. The van der Waals surface area contributed by atoms with Crippen molar-refractivity contribution in [1.29, 1.82) is 0 Å². The van der Waals surface area contributed by atoms with Crippen molar-refractivity contribution >= 4 is 45.2 Å². The third-order valence-electron chi connectivity index (χ3n) is 2.77. The fourth-order valence-corrected chi connectivity index (χ4v) is 2.26. The summed E-state index contributed by atoms with van der Waals surface area (Å²) in [6, 6.07) is 5.86. The molecule has 0 bridgehead atoms. The van der Waals surface area contributed by atoms with E-state index in [0.29, 0.717) is 0 Å². The Morgan fingerprint density at radius 2 is 2.28 bits per heavy atom. The number of halogens is 2. The van der Waals surface area contributed by atoms with Gasteiger partial charge in [-0.15, -0.1) is 12.4 Å². The summed E-state index contributed by atoms with van der Waals surface area (Å²) >= 11 is 3.42. The Morgan fingerprint density at radius 3 is 2.89 bits per heavy atom. The third-order valence-corrected chi connectivity index (χ3v) is 3.27. The van der Waals surface area contributed by atoms with Gasteiger partial charge in [0.15, 0.2) is 0 Å². The molecule has 1 aromatic carbocycles. The molecule has 0 amide bonds. The van der Waals surface area contributed by atoms with Crippen molar-refractivity contribution < 1.29 is 9.53 Å². The molecule has 6 heteroatoms. The number of ether oxygens (including phenoxy) is 1. The molecule has 3 N–H and O–H groups in total. The quantitative estimate of drug-likeness (QED) is 0.848. The maximum Gasteiger partial charge on any atom is 0.314 e. The summed E-state index contributed by atoms with van der Waals surface area (Å²) in [5.74, 6) is -0.739. The van der Waals surface area contributed by atoms with Crippen molar-refractivity contribution in [3.8, 4) is 0 Å². The molecule has 0 saturated heterocycles. The van der Waals surface area contributed by atoms with Crippen LogP contribution in [-0.4, -0.2) is 24.6 Å². The number of esters is 1. The normalized spacial score (nSPS) is 11.9. The number of carbonyl (C=O) groups is 1. The number of nitrogens with one attached hydrogen (secondary N) is 1. The second-order valence-electron chi connectivity index (χ2n) is 3.75. The first-order valence-corrected chi connectivity index (χ1v) is 6.01. The van der Waals surface area contributed by atoms with Crippen molar-refractivity contribution in [2.75, 3.05) is 13.7 Å². The molecule has 18 heavy (non-hydrogen) atoms. The van der Waals surface area contributed by atoms with Gasteiger partial charge in [0.2, 0.25) is 0 Å². The molecule has 1 atom stereocenters. The monoisotopic (exact) mass is 332 g/mol. The third kappa shape index (κ3) is 2.68. The average molecular weight is 334 g/mol. The van der Waals surface area contributed by atoms with Crippen molar-refractivity contribution in [2.45, 2.75) is 5.92 Å². The van der Waals surface area contributed by atoms with Crippen molar-refractivity contribution in [3.63, 3.8) is 0 Å². The van der Waals surface area contributed by atoms with Gasteiger partial charge in [0.05, 0.1) is 13.0 Å². The van der Waals surface area contributed by atoms with Crippen LogP contribution in [0.3, 0.4) is 0 Å². The summed E-state index contributed by atoms with van der Waals surface area (Å²) in [7, 11) is 1.37. The molecule has 0 fully saturated rings. The summed E-state index contributed by atoms with van der Waals surface area (Å²) in [5, 5.41) is 0.986. The number of methoxy groups -OCH3 is 1. The van der Waals surface area contributed by atoms with Crippen molar-refractivity contribution in [2.24, 2.45) is 5.73 Å². The van der Waals surface area contributed by atoms with E-state index in [2.05, 4.69) is 20.9 Å². The highest BCUT2D eigenvalue weighted by atomic mass is 79.9. The number of aromatic amines is 1. The number of rotatable bonds is 3. The molecule has 1 aromatic heterocycles. The molecule has 1 heterocycles. The van der Waals surface area contributed by atoms with Gasteiger partial charge in [-0.3, -0.25) is 4.79 Å². The molecule has 98 valence electrons. The summed E-state index contributed by atoms with van der Waals surface area (Å²) < 4.78 is 5.73. The van der Waals surface area contributed by atoms with E-state index < -0.39 is 5.92 Å².